The lowest BCUT2D eigenvalue weighted by Crippen LogP contribution is -2.41. The molecule has 1 saturated heterocycles. The summed E-state index contributed by atoms with van der Waals surface area (Å²) in [5.41, 5.74) is 1.80. The molecule has 0 bridgehead atoms. The van der Waals surface area contributed by atoms with Crippen LogP contribution in [0.4, 0.5) is 0 Å². The van der Waals surface area contributed by atoms with Crippen molar-refractivity contribution >= 4 is 19.0 Å². The molecule has 1 aromatic rings. The van der Waals surface area contributed by atoms with Crippen LogP contribution in [0.3, 0.4) is 0 Å². The Morgan fingerprint density at radius 2 is 1.74 bits per heavy atom. The van der Waals surface area contributed by atoms with Crippen molar-refractivity contribution in [1.82, 2.24) is 5.32 Å². The Hall–Kier alpha value is -1.43. The first-order valence-electron chi connectivity index (χ1n) is 7.98. The number of rotatable bonds is 5. The molecule has 0 saturated carbocycles. The van der Waals surface area contributed by atoms with E-state index in [0.717, 1.165) is 11.0 Å². The van der Waals surface area contributed by atoms with Crippen molar-refractivity contribution in [1.29, 1.82) is 0 Å². The second kappa shape index (κ2) is 6.60. The average Bonchev–Trinajstić information content (AvgIpc) is 2.67. The molecule has 124 valence electrons. The van der Waals surface area contributed by atoms with Gasteiger partial charge in [-0.1, -0.05) is 30.3 Å². The molecule has 1 aliphatic heterocycles. The van der Waals surface area contributed by atoms with E-state index < -0.39 is 7.12 Å². The van der Waals surface area contributed by atoms with Gasteiger partial charge in [0.05, 0.1) is 11.2 Å². The molecule has 0 atom stereocenters. The number of carbonyl (C=O) groups is 1. The van der Waals surface area contributed by atoms with Gasteiger partial charge >= 0.3 is 7.12 Å². The number of hydrogen-bond donors (Lipinski definition) is 1. The predicted octanol–water partition coefficient (Wildman–Crippen LogP) is 3.12. The molecule has 1 fully saturated rings. The lowest BCUT2D eigenvalue weighted by Gasteiger charge is -2.32. The van der Waals surface area contributed by atoms with Crippen molar-refractivity contribution in [3.63, 3.8) is 0 Å². The van der Waals surface area contributed by atoms with E-state index in [1.54, 1.807) is 6.92 Å². The lowest BCUT2D eigenvalue weighted by atomic mass is 9.76. The van der Waals surface area contributed by atoms with Gasteiger partial charge in [0.2, 0.25) is 0 Å². The van der Waals surface area contributed by atoms with Gasteiger partial charge in [-0.25, -0.2) is 0 Å². The maximum Gasteiger partial charge on any atom is 0.491 e. The highest BCUT2D eigenvalue weighted by Crippen LogP contribution is 2.38. The van der Waals surface area contributed by atoms with Crippen molar-refractivity contribution in [2.75, 3.05) is 13.6 Å². The standard InChI is InChI=1S/C18H26BNO3/c1-13(21)16-10-8-7-9-14(16)11-15(12-20-6)19-22-17(2,3)18(4,5)23-19/h7-11,20H,12H2,1-6H3. The highest BCUT2D eigenvalue weighted by molar-refractivity contribution is 6.56. The van der Waals surface area contributed by atoms with Gasteiger partial charge in [0.1, 0.15) is 0 Å². The van der Waals surface area contributed by atoms with Crippen molar-refractivity contribution in [2.24, 2.45) is 0 Å². The van der Waals surface area contributed by atoms with Crippen LogP contribution in [-0.4, -0.2) is 37.7 Å². The summed E-state index contributed by atoms with van der Waals surface area (Å²) in [6.45, 7) is 10.4. The Labute approximate surface area is 139 Å². The van der Waals surface area contributed by atoms with E-state index in [1.165, 1.54) is 0 Å². The van der Waals surface area contributed by atoms with Crippen LogP contribution in [0.5, 0.6) is 0 Å². The molecule has 5 heteroatoms. The normalized spacial score (nSPS) is 19.9. The van der Waals surface area contributed by atoms with Crippen LogP contribution in [0.2, 0.25) is 0 Å². The van der Waals surface area contributed by atoms with Gasteiger partial charge in [-0.2, -0.15) is 0 Å². The molecular weight excluding hydrogens is 289 g/mol. The number of ketones is 1. The molecule has 1 aliphatic rings. The maximum atomic E-state index is 11.8. The molecular formula is C18H26BNO3. The average molecular weight is 315 g/mol. The van der Waals surface area contributed by atoms with Crippen LogP contribution < -0.4 is 5.32 Å². The number of Topliss-reactive ketones (excluding diaryl/α,β-unsaturated/α-hetero) is 1. The summed E-state index contributed by atoms with van der Waals surface area (Å²) < 4.78 is 12.3. The zero-order valence-corrected chi connectivity index (χ0v) is 14.9. The zero-order valence-electron chi connectivity index (χ0n) is 14.9. The zero-order chi connectivity index (χ0) is 17.3. The summed E-state index contributed by atoms with van der Waals surface area (Å²) in [6, 6.07) is 7.59. The van der Waals surface area contributed by atoms with Crippen molar-refractivity contribution in [3.8, 4) is 0 Å². The fourth-order valence-corrected chi connectivity index (χ4v) is 2.54. The minimum atomic E-state index is -0.424. The Kier molecular flexibility index (Phi) is 5.14. The van der Waals surface area contributed by atoms with Crippen LogP contribution in [0.25, 0.3) is 6.08 Å². The van der Waals surface area contributed by atoms with E-state index in [9.17, 15) is 4.79 Å². The highest BCUT2D eigenvalue weighted by Gasteiger charge is 2.52. The quantitative estimate of drug-likeness (QED) is 0.670. The van der Waals surface area contributed by atoms with Gasteiger partial charge in [-0.05, 0) is 52.7 Å². The SMILES string of the molecule is CNCC(=Cc1ccccc1C(C)=O)B1OC(C)(C)C(C)(C)O1. The molecule has 2 rings (SSSR count). The van der Waals surface area contributed by atoms with Gasteiger partial charge in [-0.15, -0.1) is 0 Å². The minimum absolute atomic E-state index is 0.0505. The molecule has 0 spiro atoms. The van der Waals surface area contributed by atoms with Gasteiger partial charge in [0.25, 0.3) is 0 Å². The summed E-state index contributed by atoms with van der Waals surface area (Å²) in [7, 11) is 1.46. The van der Waals surface area contributed by atoms with Crippen LogP contribution >= 0.6 is 0 Å². The van der Waals surface area contributed by atoms with E-state index in [2.05, 4.69) is 5.32 Å². The van der Waals surface area contributed by atoms with Gasteiger partial charge in [0, 0.05) is 12.1 Å². The Bertz CT molecular complexity index is 606. The number of likely N-dealkylation sites (N-methyl/N-ethyl adjacent to an activating group) is 1. The molecule has 1 heterocycles. The topological polar surface area (TPSA) is 47.6 Å². The molecule has 0 unspecified atom stereocenters. The molecule has 0 aliphatic carbocycles. The summed E-state index contributed by atoms with van der Waals surface area (Å²) in [5, 5.41) is 3.16. The predicted molar refractivity (Wildman–Crippen MR) is 94.4 cm³/mol. The summed E-state index contributed by atoms with van der Waals surface area (Å²) in [4.78, 5) is 11.8. The lowest BCUT2D eigenvalue weighted by molar-refractivity contribution is 0.00578. The van der Waals surface area contributed by atoms with E-state index in [1.807, 2.05) is 65.1 Å². The molecule has 1 N–H and O–H groups in total. The number of hydrogen-bond acceptors (Lipinski definition) is 4. The third-order valence-corrected chi connectivity index (χ3v) is 4.62. The monoisotopic (exact) mass is 315 g/mol. The summed E-state index contributed by atoms with van der Waals surface area (Å²) >= 11 is 0. The first-order valence-corrected chi connectivity index (χ1v) is 7.98. The largest absolute Gasteiger partial charge is 0.491 e. The number of benzene rings is 1. The van der Waals surface area contributed by atoms with E-state index in [-0.39, 0.29) is 17.0 Å². The van der Waals surface area contributed by atoms with Gasteiger partial charge in [0.15, 0.2) is 5.78 Å². The minimum Gasteiger partial charge on any atom is -0.400 e. The van der Waals surface area contributed by atoms with Crippen molar-refractivity contribution in [2.45, 2.75) is 45.8 Å². The molecule has 0 amide bonds. The van der Waals surface area contributed by atoms with Crippen LogP contribution in [0.15, 0.2) is 29.7 Å². The van der Waals surface area contributed by atoms with Gasteiger partial charge in [-0.3, -0.25) is 4.79 Å². The summed E-state index contributed by atoms with van der Waals surface area (Å²) in [5.74, 6) is 0.0505. The number of carbonyl (C=O) groups excluding carboxylic acids is 1. The fraction of sp³-hybridized carbons (Fsp3) is 0.500. The molecule has 23 heavy (non-hydrogen) atoms. The fourth-order valence-electron chi connectivity index (χ4n) is 2.54. The first-order chi connectivity index (χ1) is 10.7. The molecule has 0 radical (unpaired) electrons. The molecule has 0 aromatic heterocycles. The second-order valence-corrected chi connectivity index (χ2v) is 6.98. The van der Waals surface area contributed by atoms with Gasteiger partial charge < -0.3 is 14.6 Å². The molecule has 4 nitrogen and oxygen atoms in total. The van der Waals surface area contributed by atoms with Crippen LogP contribution in [-0.2, 0) is 9.31 Å². The number of nitrogens with one attached hydrogen (secondary N) is 1. The van der Waals surface area contributed by atoms with Crippen LogP contribution in [0.1, 0.15) is 50.5 Å². The first kappa shape index (κ1) is 17.9. The summed E-state index contributed by atoms with van der Waals surface area (Å²) in [6.07, 6.45) is 2.00. The van der Waals surface area contributed by atoms with E-state index in [4.69, 9.17) is 9.31 Å². The van der Waals surface area contributed by atoms with Crippen LogP contribution in [0, 0.1) is 0 Å². The Morgan fingerprint density at radius 1 is 1.17 bits per heavy atom. The Morgan fingerprint density at radius 3 is 2.26 bits per heavy atom. The van der Waals surface area contributed by atoms with Crippen molar-refractivity contribution < 1.29 is 14.1 Å². The Balaban J connectivity index is 2.39. The maximum absolute atomic E-state index is 11.8. The van der Waals surface area contributed by atoms with Crippen molar-refractivity contribution in [3.05, 3.63) is 40.9 Å². The second-order valence-electron chi connectivity index (χ2n) is 6.98. The smallest absolute Gasteiger partial charge is 0.400 e. The van der Waals surface area contributed by atoms with E-state index in [0.29, 0.717) is 12.1 Å². The third-order valence-electron chi connectivity index (χ3n) is 4.62. The highest BCUT2D eigenvalue weighted by atomic mass is 16.7. The third kappa shape index (κ3) is 3.74. The molecule has 1 aromatic carbocycles. The van der Waals surface area contributed by atoms with E-state index >= 15 is 0 Å².